The Morgan fingerprint density at radius 1 is 1.30 bits per heavy atom. The molecule has 6 nitrogen and oxygen atoms in total. The van der Waals surface area contributed by atoms with E-state index in [4.69, 9.17) is 14.2 Å². The largest absolute Gasteiger partial charge is 0.383 e. The summed E-state index contributed by atoms with van der Waals surface area (Å²) in [6, 6.07) is 0.149. The van der Waals surface area contributed by atoms with E-state index < -0.39 is 0 Å². The van der Waals surface area contributed by atoms with Gasteiger partial charge in [0.2, 0.25) is 0 Å². The second-order valence-corrected chi connectivity index (χ2v) is 5.36. The molecule has 20 heavy (non-hydrogen) atoms. The number of nitrogens with zero attached hydrogens (tertiary/aromatic N) is 2. The van der Waals surface area contributed by atoms with Crippen LogP contribution < -0.4 is 4.90 Å². The maximum Gasteiger partial charge on any atom is 0.186 e. The van der Waals surface area contributed by atoms with Crippen molar-refractivity contribution in [3.63, 3.8) is 0 Å². The number of rotatable bonds is 10. The third-order valence-corrected chi connectivity index (χ3v) is 3.89. The molecular formula is C13H22N2O4S. The molecule has 0 saturated carbocycles. The first-order valence-corrected chi connectivity index (χ1v) is 7.17. The highest BCUT2D eigenvalue weighted by molar-refractivity contribution is 7.17. The monoisotopic (exact) mass is 302 g/mol. The van der Waals surface area contributed by atoms with Crippen LogP contribution in [0.4, 0.5) is 5.13 Å². The number of carbonyl (C=O) groups excluding carboxylic acids is 1. The second-order valence-electron chi connectivity index (χ2n) is 4.35. The average Bonchev–Trinajstić information content (AvgIpc) is 2.83. The Kier molecular flexibility index (Phi) is 7.68. The van der Waals surface area contributed by atoms with E-state index in [9.17, 15) is 4.79 Å². The summed E-state index contributed by atoms with van der Waals surface area (Å²) in [6.07, 6.45) is 0.824. The fourth-order valence-electron chi connectivity index (χ4n) is 1.83. The quantitative estimate of drug-likeness (QED) is 0.612. The Balaban J connectivity index is 2.96. The maximum absolute atomic E-state index is 11.1. The lowest BCUT2D eigenvalue weighted by Gasteiger charge is -2.28. The summed E-state index contributed by atoms with van der Waals surface area (Å²) in [5, 5.41) is 0.792. The molecule has 1 rings (SSSR count). The average molecular weight is 302 g/mol. The first-order valence-electron chi connectivity index (χ1n) is 6.36. The SMILES string of the molecule is COCCN(c1nc(COC)c(C=O)s1)C(C)COC. The van der Waals surface area contributed by atoms with Crippen LogP contribution in [-0.4, -0.2) is 58.4 Å². The van der Waals surface area contributed by atoms with Crippen molar-refractivity contribution in [3.8, 4) is 0 Å². The summed E-state index contributed by atoms with van der Waals surface area (Å²) < 4.78 is 15.4. The van der Waals surface area contributed by atoms with E-state index in [0.717, 1.165) is 11.4 Å². The van der Waals surface area contributed by atoms with Gasteiger partial charge < -0.3 is 19.1 Å². The van der Waals surface area contributed by atoms with Crippen molar-refractivity contribution >= 4 is 22.8 Å². The second kappa shape index (κ2) is 9.02. The lowest BCUT2D eigenvalue weighted by molar-refractivity contribution is 0.112. The van der Waals surface area contributed by atoms with Crippen molar-refractivity contribution < 1.29 is 19.0 Å². The highest BCUT2D eigenvalue weighted by Crippen LogP contribution is 2.27. The van der Waals surface area contributed by atoms with Crippen LogP contribution in [0.15, 0.2) is 0 Å². The number of carbonyl (C=O) groups is 1. The van der Waals surface area contributed by atoms with Gasteiger partial charge in [-0.1, -0.05) is 11.3 Å². The van der Waals surface area contributed by atoms with E-state index in [2.05, 4.69) is 16.8 Å². The van der Waals surface area contributed by atoms with Crippen LogP contribution >= 0.6 is 11.3 Å². The van der Waals surface area contributed by atoms with Crippen molar-refractivity contribution in [1.82, 2.24) is 4.98 Å². The van der Waals surface area contributed by atoms with Crippen LogP contribution in [0, 0.1) is 0 Å². The van der Waals surface area contributed by atoms with Crippen LogP contribution in [0.1, 0.15) is 22.3 Å². The van der Waals surface area contributed by atoms with E-state index in [1.165, 1.54) is 11.3 Å². The topological polar surface area (TPSA) is 60.9 Å². The fraction of sp³-hybridized carbons (Fsp3) is 0.692. The summed E-state index contributed by atoms with van der Waals surface area (Å²) in [5.41, 5.74) is 0.675. The van der Waals surface area contributed by atoms with Gasteiger partial charge in [-0.3, -0.25) is 4.79 Å². The molecule has 0 aliphatic rings. The standard InChI is InChI=1S/C13H22N2O4S/c1-10(8-18-3)15(5-6-17-2)13-14-11(9-19-4)12(7-16)20-13/h7,10H,5-6,8-9H2,1-4H3. The molecule has 7 heteroatoms. The van der Waals surface area contributed by atoms with E-state index >= 15 is 0 Å². The highest BCUT2D eigenvalue weighted by atomic mass is 32.1. The molecule has 1 aromatic rings. The molecule has 0 bridgehead atoms. The number of methoxy groups -OCH3 is 3. The lowest BCUT2D eigenvalue weighted by Crippen LogP contribution is -2.38. The summed E-state index contributed by atoms with van der Waals surface area (Å²) in [6.45, 7) is 4.25. The van der Waals surface area contributed by atoms with Crippen molar-refractivity contribution in [2.75, 3.05) is 46.0 Å². The number of ether oxygens (including phenoxy) is 3. The minimum Gasteiger partial charge on any atom is -0.383 e. The molecule has 0 spiro atoms. The first kappa shape index (κ1) is 17.0. The Morgan fingerprint density at radius 3 is 2.60 bits per heavy atom. The van der Waals surface area contributed by atoms with Gasteiger partial charge in [0.15, 0.2) is 11.4 Å². The Bertz CT molecular complexity index is 411. The summed E-state index contributed by atoms with van der Waals surface area (Å²) >= 11 is 1.37. The lowest BCUT2D eigenvalue weighted by atomic mass is 10.3. The molecule has 0 aromatic carbocycles. The molecule has 0 aliphatic heterocycles. The molecule has 114 valence electrons. The van der Waals surface area contributed by atoms with Gasteiger partial charge in [-0.15, -0.1) is 0 Å². The molecule has 0 saturated heterocycles. The van der Waals surface area contributed by atoms with Gasteiger partial charge in [-0.25, -0.2) is 4.98 Å². The molecule has 0 aliphatic carbocycles. The molecular weight excluding hydrogens is 280 g/mol. The molecule has 1 heterocycles. The summed E-state index contributed by atoms with van der Waals surface area (Å²) in [7, 11) is 4.91. The van der Waals surface area contributed by atoms with Gasteiger partial charge in [-0.2, -0.15) is 0 Å². The Morgan fingerprint density at radius 2 is 2.05 bits per heavy atom. The van der Waals surface area contributed by atoms with Crippen LogP contribution in [0.3, 0.4) is 0 Å². The fourth-order valence-corrected chi connectivity index (χ4v) is 2.84. The third-order valence-electron chi connectivity index (χ3n) is 2.83. The number of aldehydes is 1. The number of hydrogen-bond donors (Lipinski definition) is 0. The number of hydrogen-bond acceptors (Lipinski definition) is 7. The third kappa shape index (κ3) is 4.52. The van der Waals surface area contributed by atoms with E-state index in [1.807, 2.05) is 0 Å². The van der Waals surface area contributed by atoms with Crippen molar-refractivity contribution in [2.45, 2.75) is 19.6 Å². The van der Waals surface area contributed by atoms with Crippen LogP contribution in [-0.2, 0) is 20.8 Å². The molecule has 1 aromatic heterocycles. The molecule has 1 atom stereocenters. The van der Waals surface area contributed by atoms with Gasteiger partial charge >= 0.3 is 0 Å². The summed E-state index contributed by atoms with van der Waals surface area (Å²) in [5.74, 6) is 0. The summed E-state index contributed by atoms with van der Waals surface area (Å²) in [4.78, 5) is 18.3. The normalized spacial score (nSPS) is 12.4. The number of anilines is 1. The zero-order chi connectivity index (χ0) is 15.0. The number of aromatic nitrogens is 1. The number of thiazole rings is 1. The predicted molar refractivity (Wildman–Crippen MR) is 78.8 cm³/mol. The van der Waals surface area contributed by atoms with Crippen molar-refractivity contribution in [1.29, 1.82) is 0 Å². The van der Waals surface area contributed by atoms with Crippen molar-refractivity contribution in [3.05, 3.63) is 10.6 Å². The van der Waals surface area contributed by atoms with Crippen LogP contribution in [0.5, 0.6) is 0 Å². The highest BCUT2D eigenvalue weighted by Gasteiger charge is 2.20. The Hall–Kier alpha value is -1.02. The molecule has 0 N–H and O–H groups in total. The van der Waals surface area contributed by atoms with E-state index in [0.29, 0.717) is 36.9 Å². The molecule has 1 unspecified atom stereocenters. The first-order chi connectivity index (χ1) is 9.67. The molecule has 0 fully saturated rings. The van der Waals surface area contributed by atoms with Gasteiger partial charge in [0.1, 0.15) is 0 Å². The van der Waals surface area contributed by atoms with Crippen molar-refractivity contribution in [2.24, 2.45) is 0 Å². The predicted octanol–water partition coefficient (Wildman–Crippen LogP) is 1.59. The zero-order valence-electron chi connectivity index (χ0n) is 12.4. The van der Waals surface area contributed by atoms with Gasteiger partial charge in [0.05, 0.1) is 36.4 Å². The minimum absolute atomic E-state index is 0.149. The van der Waals surface area contributed by atoms with E-state index in [-0.39, 0.29) is 6.04 Å². The van der Waals surface area contributed by atoms with E-state index in [1.54, 1.807) is 21.3 Å². The zero-order valence-corrected chi connectivity index (χ0v) is 13.2. The van der Waals surface area contributed by atoms with Crippen LogP contribution in [0.25, 0.3) is 0 Å². The van der Waals surface area contributed by atoms with Gasteiger partial charge in [-0.05, 0) is 6.92 Å². The molecule has 0 radical (unpaired) electrons. The van der Waals surface area contributed by atoms with Gasteiger partial charge in [0.25, 0.3) is 0 Å². The Labute approximate surface area is 123 Å². The molecule has 0 amide bonds. The van der Waals surface area contributed by atoms with Gasteiger partial charge in [0, 0.05) is 27.9 Å². The minimum atomic E-state index is 0.149. The van der Waals surface area contributed by atoms with Crippen LogP contribution in [0.2, 0.25) is 0 Å². The smallest absolute Gasteiger partial charge is 0.186 e. The maximum atomic E-state index is 11.1.